The second-order valence-electron chi connectivity index (χ2n) is 4.86. The van der Waals surface area contributed by atoms with Gasteiger partial charge in [0, 0.05) is 12.6 Å². The molecule has 0 aliphatic heterocycles. The Morgan fingerprint density at radius 3 is 3.05 bits per heavy atom. The van der Waals surface area contributed by atoms with Crippen molar-refractivity contribution in [1.29, 1.82) is 0 Å². The van der Waals surface area contributed by atoms with Gasteiger partial charge in [0.05, 0.1) is 11.2 Å². The lowest BCUT2D eigenvalue weighted by atomic mass is 10.2. The van der Waals surface area contributed by atoms with Gasteiger partial charge in [0.25, 0.3) is 5.91 Å². The molecule has 1 aromatic heterocycles. The van der Waals surface area contributed by atoms with Gasteiger partial charge in [-0.3, -0.25) is 4.79 Å². The molecule has 0 aliphatic rings. The van der Waals surface area contributed by atoms with E-state index in [0.29, 0.717) is 12.8 Å². The number of nitrogens with zero attached hydrogens (tertiary/aromatic N) is 3. The van der Waals surface area contributed by atoms with E-state index in [9.17, 15) is 9.18 Å². The summed E-state index contributed by atoms with van der Waals surface area (Å²) in [5, 5.41) is 18.9. The van der Waals surface area contributed by atoms with Crippen LogP contribution in [0.4, 0.5) is 4.39 Å². The number of nitrogens with one attached hydrogen (secondary N) is 1. The Labute approximate surface area is 131 Å². The molecule has 1 atom stereocenters. The summed E-state index contributed by atoms with van der Waals surface area (Å²) in [7, 11) is 0. The maximum atomic E-state index is 13.9. The van der Waals surface area contributed by atoms with Crippen LogP contribution in [0.2, 0.25) is 5.02 Å². The Balaban J connectivity index is 2.11. The number of carbonyl (C=O) groups excluding carboxylic acids is 1. The Morgan fingerprint density at radius 1 is 1.55 bits per heavy atom. The smallest absolute Gasteiger partial charge is 0.273 e. The molecule has 0 radical (unpaired) electrons. The van der Waals surface area contributed by atoms with Crippen molar-refractivity contribution in [2.24, 2.45) is 0 Å². The van der Waals surface area contributed by atoms with Gasteiger partial charge in [0.1, 0.15) is 5.69 Å². The molecule has 2 rings (SSSR count). The van der Waals surface area contributed by atoms with E-state index < -0.39 is 11.7 Å². The predicted octanol–water partition coefficient (Wildman–Crippen LogP) is 1.95. The second kappa shape index (κ2) is 7.33. The van der Waals surface area contributed by atoms with E-state index in [1.807, 2.05) is 6.92 Å². The number of hydrogen-bond donors (Lipinski definition) is 2. The van der Waals surface area contributed by atoms with Crippen LogP contribution in [0.15, 0.2) is 24.4 Å². The fraction of sp³-hybridized carbons (Fsp3) is 0.357. The molecule has 0 saturated carbocycles. The molecule has 0 spiro atoms. The average molecular weight is 327 g/mol. The van der Waals surface area contributed by atoms with Crippen LogP contribution < -0.4 is 5.32 Å². The van der Waals surface area contributed by atoms with Gasteiger partial charge in [-0.15, -0.1) is 5.10 Å². The number of aromatic nitrogens is 3. The SMILES string of the molecule is CC(CCCO)NC(=O)c1cn(-c2cccc(Cl)c2F)nn1. The van der Waals surface area contributed by atoms with Gasteiger partial charge >= 0.3 is 0 Å². The van der Waals surface area contributed by atoms with Crippen LogP contribution in [0, 0.1) is 5.82 Å². The summed E-state index contributed by atoms with van der Waals surface area (Å²) in [6.45, 7) is 1.90. The Morgan fingerprint density at radius 2 is 2.32 bits per heavy atom. The largest absolute Gasteiger partial charge is 0.396 e. The van der Waals surface area contributed by atoms with Crippen molar-refractivity contribution in [3.8, 4) is 5.69 Å². The first-order valence-corrected chi connectivity index (χ1v) is 7.19. The van der Waals surface area contributed by atoms with Crippen molar-refractivity contribution >= 4 is 17.5 Å². The maximum absolute atomic E-state index is 13.9. The summed E-state index contributed by atoms with van der Waals surface area (Å²) in [5.41, 5.74) is 0.197. The third-order valence-corrected chi connectivity index (χ3v) is 3.37. The molecular formula is C14H16ClFN4O2. The summed E-state index contributed by atoms with van der Waals surface area (Å²) >= 11 is 5.71. The molecular weight excluding hydrogens is 311 g/mol. The second-order valence-corrected chi connectivity index (χ2v) is 5.27. The van der Waals surface area contributed by atoms with Crippen molar-refractivity contribution in [3.05, 3.63) is 40.9 Å². The van der Waals surface area contributed by atoms with E-state index in [1.54, 1.807) is 6.07 Å². The minimum atomic E-state index is -0.627. The first-order valence-electron chi connectivity index (χ1n) is 6.81. The van der Waals surface area contributed by atoms with Crippen LogP contribution in [0.5, 0.6) is 0 Å². The molecule has 2 aromatic rings. The standard InChI is InChI=1S/C14H16ClFN4O2/c1-9(4-3-7-21)17-14(22)11-8-20(19-18-11)12-6-2-5-10(15)13(12)16/h2,5-6,8-9,21H,3-4,7H2,1H3,(H,17,22). The molecule has 0 aliphatic carbocycles. The molecule has 6 nitrogen and oxygen atoms in total. The normalized spacial score (nSPS) is 12.2. The van der Waals surface area contributed by atoms with Gasteiger partial charge in [-0.2, -0.15) is 0 Å². The molecule has 118 valence electrons. The summed E-state index contributed by atoms with van der Waals surface area (Å²) in [5.74, 6) is -1.03. The highest BCUT2D eigenvalue weighted by molar-refractivity contribution is 6.30. The zero-order valence-electron chi connectivity index (χ0n) is 12.0. The number of aliphatic hydroxyl groups excluding tert-OH is 1. The van der Waals surface area contributed by atoms with E-state index >= 15 is 0 Å². The summed E-state index contributed by atoms with van der Waals surface area (Å²) in [4.78, 5) is 12.0. The lowest BCUT2D eigenvalue weighted by Crippen LogP contribution is -2.32. The van der Waals surface area contributed by atoms with Crippen molar-refractivity contribution in [2.45, 2.75) is 25.8 Å². The van der Waals surface area contributed by atoms with Gasteiger partial charge in [-0.05, 0) is 31.9 Å². The third kappa shape index (κ3) is 3.80. The van der Waals surface area contributed by atoms with Crippen molar-refractivity contribution in [1.82, 2.24) is 20.3 Å². The summed E-state index contributed by atoms with van der Waals surface area (Å²) in [6, 6.07) is 4.39. The number of carbonyl (C=O) groups is 1. The number of amides is 1. The van der Waals surface area contributed by atoms with E-state index in [1.165, 1.54) is 18.3 Å². The third-order valence-electron chi connectivity index (χ3n) is 3.08. The predicted molar refractivity (Wildman–Crippen MR) is 79.6 cm³/mol. The molecule has 8 heteroatoms. The van der Waals surface area contributed by atoms with E-state index in [0.717, 1.165) is 4.68 Å². The average Bonchev–Trinajstić information content (AvgIpc) is 2.97. The van der Waals surface area contributed by atoms with Crippen LogP contribution in [-0.4, -0.2) is 38.7 Å². The number of benzene rings is 1. The lowest BCUT2D eigenvalue weighted by Gasteiger charge is -2.11. The summed E-state index contributed by atoms with van der Waals surface area (Å²) < 4.78 is 15.1. The molecule has 0 bridgehead atoms. The minimum absolute atomic E-state index is 0.0309. The molecule has 1 aromatic carbocycles. The monoisotopic (exact) mass is 326 g/mol. The van der Waals surface area contributed by atoms with Crippen LogP contribution in [0.1, 0.15) is 30.3 Å². The van der Waals surface area contributed by atoms with Crippen molar-refractivity contribution in [3.63, 3.8) is 0 Å². The Kier molecular flexibility index (Phi) is 5.46. The van der Waals surface area contributed by atoms with Gasteiger partial charge < -0.3 is 10.4 Å². The van der Waals surface area contributed by atoms with Crippen LogP contribution in [0.3, 0.4) is 0 Å². The van der Waals surface area contributed by atoms with Gasteiger partial charge in [0.2, 0.25) is 0 Å². The fourth-order valence-corrected chi connectivity index (χ4v) is 2.09. The van der Waals surface area contributed by atoms with Crippen molar-refractivity contribution in [2.75, 3.05) is 6.61 Å². The van der Waals surface area contributed by atoms with Crippen LogP contribution in [-0.2, 0) is 0 Å². The highest BCUT2D eigenvalue weighted by atomic mass is 35.5. The minimum Gasteiger partial charge on any atom is -0.396 e. The number of halogens is 2. The zero-order valence-corrected chi connectivity index (χ0v) is 12.7. The van der Waals surface area contributed by atoms with Crippen LogP contribution >= 0.6 is 11.6 Å². The topological polar surface area (TPSA) is 80.0 Å². The van der Waals surface area contributed by atoms with E-state index in [4.69, 9.17) is 16.7 Å². The van der Waals surface area contributed by atoms with E-state index in [2.05, 4.69) is 15.6 Å². The van der Waals surface area contributed by atoms with Gasteiger partial charge in [-0.25, -0.2) is 9.07 Å². The van der Waals surface area contributed by atoms with Crippen LogP contribution in [0.25, 0.3) is 5.69 Å². The van der Waals surface area contributed by atoms with E-state index in [-0.39, 0.29) is 29.1 Å². The Bertz CT molecular complexity index is 662. The molecule has 0 fully saturated rings. The molecule has 22 heavy (non-hydrogen) atoms. The van der Waals surface area contributed by atoms with Crippen molar-refractivity contribution < 1.29 is 14.3 Å². The highest BCUT2D eigenvalue weighted by Crippen LogP contribution is 2.20. The molecule has 1 unspecified atom stereocenters. The molecule has 2 N–H and O–H groups in total. The molecule has 0 saturated heterocycles. The highest BCUT2D eigenvalue weighted by Gasteiger charge is 2.16. The number of hydrogen-bond acceptors (Lipinski definition) is 4. The maximum Gasteiger partial charge on any atom is 0.273 e. The van der Waals surface area contributed by atoms with Gasteiger partial charge in [-0.1, -0.05) is 22.9 Å². The van der Waals surface area contributed by atoms with Gasteiger partial charge in [0.15, 0.2) is 11.5 Å². The first-order chi connectivity index (χ1) is 10.5. The Hall–Kier alpha value is -1.99. The molecule has 1 heterocycles. The molecule has 1 amide bonds. The number of aliphatic hydroxyl groups is 1. The number of rotatable bonds is 6. The fourth-order valence-electron chi connectivity index (χ4n) is 1.92. The first kappa shape index (κ1) is 16.4. The zero-order chi connectivity index (χ0) is 16.1. The summed E-state index contributed by atoms with van der Waals surface area (Å²) in [6.07, 6.45) is 2.59. The lowest BCUT2D eigenvalue weighted by molar-refractivity contribution is 0.0931. The quantitative estimate of drug-likeness (QED) is 0.850.